The number of carbonyl (C=O) groups excluding carboxylic acids is 1. The molecule has 4 atom stereocenters. The van der Waals surface area contributed by atoms with E-state index in [-0.39, 0.29) is 5.91 Å². The van der Waals surface area contributed by atoms with Gasteiger partial charge in [-0.2, -0.15) is 5.10 Å². The SMILES string of the molecule is CCC1CC2CN(C(=O)c3n[nH]c4ccccc34)C(C1)C2C. The zero-order chi connectivity index (χ0) is 15.3. The van der Waals surface area contributed by atoms with E-state index in [1.165, 1.54) is 12.8 Å². The van der Waals surface area contributed by atoms with Crippen LogP contribution in [0.5, 0.6) is 0 Å². The summed E-state index contributed by atoms with van der Waals surface area (Å²) in [6.45, 7) is 5.49. The van der Waals surface area contributed by atoms with E-state index in [0.29, 0.717) is 23.6 Å². The minimum absolute atomic E-state index is 0.105. The van der Waals surface area contributed by atoms with E-state index < -0.39 is 0 Å². The number of fused-ring (bicyclic) bond motifs is 3. The average molecular weight is 297 g/mol. The van der Waals surface area contributed by atoms with Gasteiger partial charge in [0, 0.05) is 18.0 Å². The first-order valence-corrected chi connectivity index (χ1v) is 8.43. The fraction of sp³-hybridized carbons (Fsp3) is 0.556. The van der Waals surface area contributed by atoms with Gasteiger partial charge in [0.25, 0.3) is 5.91 Å². The van der Waals surface area contributed by atoms with Gasteiger partial charge in [0.15, 0.2) is 5.69 Å². The molecule has 2 heterocycles. The summed E-state index contributed by atoms with van der Waals surface area (Å²) in [7, 11) is 0. The van der Waals surface area contributed by atoms with Gasteiger partial charge in [-0.15, -0.1) is 0 Å². The minimum atomic E-state index is 0.105. The molecular weight excluding hydrogens is 274 g/mol. The number of amides is 1. The molecule has 0 radical (unpaired) electrons. The van der Waals surface area contributed by atoms with Gasteiger partial charge >= 0.3 is 0 Å². The van der Waals surface area contributed by atoms with Crippen LogP contribution in [-0.2, 0) is 0 Å². The summed E-state index contributed by atoms with van der Waals surface area (Å²) in [6, 6.07) is 8.27. The van der Waals surface area contributed by atoms with Crippen LogP contribution < -0.4 is 0 Å². The highest BCUT2D eigenvalue weighted by atomic mass is 16.2. The number of nitrogens with one attached hydrogen (secondary N) is 1. The van der Waals surface area contributed by atoms with E-state index in [4.69, 9.17) is 0 Å². The summed E-state index contributed by atoms with van der Waals surface area (Å²) >= 11 is 0. The monoisotopic (exact) mass is 297 g/mol. The van der Waals surface area contributed by atoms with E-state index in [2.05, 4.69) is 28.9 Å². The van der Waals surface area contributed by atoms with Gasteiger partial charge in [-0.05, 0) is 36.7 Å². The van der Waals surface area contributed by atoms with Crippen molar-refractivity contribution in [1.82, 2.24) is 15.1 Å². The highest BCUT2D eigenvalue weighted by molar-refractivity contribution is 6.04. The first-order valence-electron chi connectivity index (χ1n) is 8.43. The fourth-order valence-electron chi connectivity index (χ4n) is 4.48. The maximum Gasteiger partial charge on any atom is 0.275 e. The molecule has 22 heavy (non-hydrogen) atoms. The Bertz CT molecular complexity index is 707. The lowest BCUT2D eigenvalue weighted by Crippen LogP contribution is -2.39. The van der Waals surface area contributed by atoms with Crippen molar-refractivity contribution in [3.05, 3.63) is 30.0 Å². The zero-order valence-corrected chi connectivity index (χ0v) is 13.2. The fourth-order valence-corrected chi connectivity index (χ4v) is 4.48. The number of hydrogen-bond acceptors (Lipinski definition) is 2. The Balaban J connectivity index is 1.66. The van der Waals surface area contributed by atoms with E-state index in [1.54, 1.807) is 0 Å². The van der Waals surface area contributed by atoms with E-state index in [9.17, 15) is 4.79 Å². The van der Waals surface area contributed by atoms with Crippen molar-refractivity contribution < 1.29 is 4.79 Å². The molecule has 0 spiro atoms. The van der Waals surface area contributed by atoms with Crippen molar-refractivity contribution in [3.8, 4) is 0 Å². The molecule has 4 heteroatoms. The summed E-state index contributed by atoms with van der Waals surface area (Å²) in [5.74, 6) is 2.17. The van der Waals surface area contributed by atoms with Crippen LogP contribution in [0.25, 0.3) is 10.9 Å². The first kappa shape index (κ1) is 13.8. The number of nitrogens with zero attached hydrogens (tertiary/aromatic N) is 2. The number of hydrogen-bond donors (Lipinski definition) is 1. The van der Waals surface area contributed by atoms with Crippen molar-refractivity contribution in [2.45, 2.75) is 39.2 Å². The van der Waals surface area contributed by atoms with Crippen molar-refractivity contribution >= 4 is 16.8 Å². The molecule has 4 unspecified atom stereocenters. The van der Waals surface area contributed by atoms with Crippen molar-refractivity contribution in [3.63, 3.8) is 0 Å². The summed E-state index contributed by atoms with van der Waals surface area (Å²) in [5.41, 5.74) is 1.52. The number of benzene rings is 1. The second kappa shape index (κ2) is 5.11. The van der Waals surface area contributed by atoms with E-state index in [1.807, 2.05) is 24.3 Å². The first-order chi connectivity index (χ1) is 10.7. The topological polar surface area (TPSA) is 49.0 Å². The Kier molecular flexibility index (Phi) is 3.21. The van der Waals surface area contributed by atoms with Gasteiger partial charge in [0.1, 0.15) is 0 Å². The van der Waals surface area contributed by atoms with Gasteiger partial charge < -0.3 is 4.90 Å². The van der Waals surface area contributed by atoms with Crippen LogP contribution in [0.2, 0.25) is 0 Å². The lowest BCUT2D eigenvalue weighted by atomic mass is 9.74. The molecule has 2 aromatic rings. The molecule has 1 saturated carbocycles. The predicted octanol–water partition coefficient (Wildman–Crippen LogP) is 3.46. The molecule has 4 rings (SSSR count). The predicted molar refractivity (Wildman–Crippen MR) is 86.6 cm³/mol. The number of rotatable bonds is 2. The van der Waals surface area contributed by atoms with Crippen LogP contribution in [-0.4, -0.2) is 33.6 Å². The zero-order valence-electron chi connectivity index (χ0n) is 13.2. The van der Waals surface area contributed by atoms with Crippen molar-refractivity contribution in [1.29, 1.82) is 0 Å². The van der Waals surface area contributed by atoms with Crippen molar-refractivity contribution in [2.24, 2.45) is 17.8 Å². The molecule has 116 valence electrons. The van der Waals surface area contributed by atoms with Crippen LogP contribution in [0.1, 0.15) is 43.6 Å². The average Bonchev–Trinajstić information content (AvgIpc) is 3.02. The molecule has 2 bridgehead atoms. The Hall–Kier alpha value is -1.84. The highest BCUT2D eigenvalue weighted by Crippen LogP contribution is 2.44. The number of likely N-dealkylation sites (tertiary alicyclic amines) is 1. The molecule has 4 nitrogen and oxygen atoms in total. The quantitative estimate of drug-likeness (QED) is 0.923. The third-order valence-electron chi connectivity index (χ3n) is 5.90. The molecular formula is C18H23N3O. The standard InChI is InChI=1S/C18H23N3O/c1-3-12-8-13-10-21(16(9-12)11(13)2)18(22)17-14-6-4-5-7-15(14)19-20-17/h4-7,11-13,16H,3,8-10H2,1-2H3,(H,19,20). The second-order valence-corrected chi connectivity index (χ2v) is 7.01. The van der Waals surface area contributed by atoms with Crippen LogP contribution in [0.4, 0.5) is 0 Å². The molecule has 1 aliphatic heterocycles. The number of aromatic amines is 1. The molecule has 2 aliphatic rings. The third kappa shape index (κ3) is 1.97. The van der Waals surface area contributed by atoms with Gasteiger partial charge in [0.05, 0.1) is 5.52 Å². The van der Waals surface area contributed by atoms with Crippen LogP contribution in [0, 0.1) is 17.8 Å². The molecule has 1 amide bonds. The Morgan fingerprint density at radius 2 is 2.18 bits per heavy atom. The van der Waals surface area contributed by atoms with E-state index in [0.717, 1.165) is 29.8 Å². The second-order valence-electron chi connectivity index (χ2n) is 7.01. The molecule has 1 aromatic carbocycles. The summed E-state index contributed by atoms with van der Waals surface area (Å²) in [6.07, 6.45) is 3.66. The van der Waals surface area contributed by atoms with E-state index >= 15 is 0 Å². The number of aromatic nitrogens is 2. The number of carbonyl (C=O) groups is 1. The molecule has 1 N–H and O–H groups in total. The summed E-state index contributed by atoms with van der Waals surface area (Å²) in [4.78, 5) is 15.2. The van der Waals surface area contributed by atoms with Crippen molar-refractivity contribution in [2.75, 3.05) is 6.54 Å². The maximum atomic E-state index is 13.0. The smallest absolute Gasteiger partial charge is 0.275 e. The van der Waals surface area contributed by atoms with Crippen LogP contribution in [0.3, 0.4) is 0 Å². The van der Waals surface area contributed by atoms with Gasteiger partial charge in [-0.25, -0.2) is 0 Å². The normalized spacial score (nSPS) is 30.9. The number of H-pyrrole nitrogens is 1. The Morgan fingerprint density at radius 3 is 3.00 bits per heavy atom. The highest BCUT2D eigenvalue weighted by Gasteiger charge is 2.46. The Labute approximate surface area is 130 Å². The minimum Gasteiger partial charge on any atom is -0.334 e. The molecule has 2 fully saturated rings. The third-order valence-corrected chi connectivity index (χ3v) is 5.90. The van der Waals surface area contributed by atoms with Crippen LogP contribution in [0.15, 0.2) is 24.3 Å². The lowest BCUT2D eigenvalue weighted by molar-refractivity contribution is 0.0694. The lowest BCUT2D eigenvalue weighted by Gasteiger charge is -2.33. The largest absolute Gasteiger partial charge is 0.334 e. The van der Waals surface area contributed by atoms with Gasteiger partial charge in [0.2, 0.25) is 0 Å². The molecule has 1 aliphatic carbocycles. The number of para-hydroxylation sites is 1. The van der Waals surface area contributed by atoms with Gasteiger partial charge in [-0.1, -0.05) is 38.5 Å². The van der Waals surface area contributed by atoms with Crippen LogP contribution >= 0.6 is 0 Å². The summed E-state index contributed by atoms with van der Waals surface area (Å²) in [5, 5.41) is 8.23. The van der Waals surface area contributed by atoms with Gasteiger partial charge in [-0.3, -0.25) is 9.89 Å². The maximum absolute atomic E-state index is 13.0. The Morgan fingerprint density at radius 1 is 1.36 bits per heavy atom. The molecule has 1 aromatic heterocycles. The molecule has 1 saturated heterocycles. The summed E-state index contributed by atoms with van der Waals surface area (Å²) < 4.78 is 0.